The number of carbonyl (C=O) groups excluding carboxylic acids is 1. The van der Waals surface area contributed by atoms with Crippen LogP contribution in [0.25, 0.3) is 6.08 Å². The lowest BCUT2D eigenvalue weighted by Crippen LogP contribution is -2.10. The smallest absolute Gasteiger partial charge is 0.373 e. The van der Waals surface area contributed by atoms with Gasteiger partial charge in [-0.05, 0) is 37.1 Å². The van der Waals surface area contributed by atoms with Crippen molar-refractivity contribution >= 4 is 17.7 Å². The van der Waals surface area contributed by atoms with Crippen LogP contribution in [0.4, 0.5) is 5.69 Å². The first kappa shape index (κ1) is 20.0. The maximum Gasteiger partial charge on any atom is 0.373 e. The number of ether oxygens (including phenoxy) is 3. The van der Waals surface area contributed by atoms with Crippen LogP contribution in [0.2, 0.25) is 0 Å². The quantitative estimate of drug-likeness (QED) is 0.217. The van der Waals surface area contributed by atoms with Crippen molar-refractivity contribution in [2.75, 3.05) is 13.2 Å². The molecule has 0 N–H and O–H groups in total. The molecule has 2 aromatic rings. The SMILES string of the molecule is CCOC(=O)/C(=C/c1ccc(OCc2ccccc2)c([N+](=O)[O-])c1)OCC. The molecule has 2 rings (SSSR count). The van der Waals surface area contributed by atoms with Crippen LogP contribution in [-0.4, -0.2) is 24.1 Å². The fourth-order valence-corrected chi connectivity index (χ4v) is 2.29. The predicted molar refractivity (Wildman–Crippen MR) is 100 cm³/mol. The van der Waals surface area contributed by atoms with Crippen molar-refractivity contribution in [2.45, 2.75) is 20.5 Å². The molecule has 0 unspecified atom stereocenters. The summed E-state index contributed by atoms with van der Waals surface area (Å²) in [4.78, 5) is 22.8. The molecule has 7 nitrogen and oxygen atoms in total. The number of carbonyl (C=O) groups is 1. The Hall–Kier alpha value is -3.35. The fourth-order valence-electron chi connectivity index (χ4n) is 2.29. The van der Waals surface area contributed by atoms with Crippen LogP contribution in [0, 0.1) is 10.1 Å². The van der Waals surface area contributed by atoms with Gasteiger partial charge in [-0.25, -0.2) is 4.79 Å². The van der Waals surface area contributed by atoms with Gasteiger partial charge in [-0.3, -0.25) is 10.1 Å². The Balaban J connectivity index is 2.26. The lowest BCUT2D eigenvalue weighted by molar-refractivity contribution is -0.386. The monoisotopic (exact) mass is 371 g/mol. The summed E-state index contributed by atoms with van der Waals surface area (Å²) in [7, 11) is 0. The fraction of sp³-hybridized carbons (Fsp3) is 0.250. The summed E-state index contributed by atoms with van der Waals surface area (Å²) in [6, 6.07) is 13.8. The Morgan fingerprint density at radius 3 is 2.41 bits per heavy atom. The molecule has 0 aliphatic heterocycles. The van der Waals surface area contributed by atoms with Gasteiger partial charge < -0.3 is 14.2 Å². The highest BCUT2D eigenvalue weighted by Crippen LogP contribution is 2.29. The van der Waals surface area contributed by atoms with Gasteiger partial charge in [0.25, 0.3) is 0 Å². The van der Waals surface area contributed by atoms with E-state index in [-0.39, 0.29) is 37.0 Å². The summed E-state index contributed by atoms with van der Waals surface area (Å²) >= 11 is 0. The van der Waals surface area contributed by atoms with Crippen molar-refractivity contribution in [2.24, 2.45) is 0 Å². The van der Waals surface area contributed by atoms with E-state index in [1.54, 1.807) is 19.9 Å². The van der Waals surface area contributed by atoms with E-state index in [4.69, 9.17) is 14.2 Å². The van der Waals surface area contributed by atoms with E-state index in [1.165, 1.54) is 18.2 Å². The number of hydrogen-bond acceptors (Lipinski definition) is 6. The number of hydrogen-bond donors (Lipinski definition) is 0. The zero-order chi connectivity index (χ0) is 19.6. The predicted octanol–water partition coefficient (Wildman–Crippen LogP) is 4.11. The van der Waals surface area contributed by atoms with E-state index in [0.717, 1.165) is 5.56 Å². The molecule has 0 atom stereocenters. The molecular weight excluding hydrogens is 350 g/mol. The van der Waals surface area contributed by atoms with Crippen molar-refractivity contribution in [1.82, 2.24) is 0 Å². The minimum absolute atomic E-state index is 0.00778. The van der Waals surface area contributed by atoms with Crippen molar-refractivity contribution in [3.05, 3.63) is 75.5 Å². The second-order valence-electron chi connectivity index (χ2n) is 5.42. The molecule has 0 aliphatic rings. The van der Waals surface area contributed by atoms with Crippen LogP contribution >= 0.6 is 0 Å². The van der Waals surface area contributed by atoms with Gasteiger partial charge in [0.15, 0.2) is 5.75 Å². The second kappa shape index (κ2) is 9.96. The molecule has 27 heavy (non-hydrogen) atoms. The largest absolute Gasteiger partial charge is 0.487 e. The van der Waals surface area contributed by atoms with E-state index >= 15 is 0 Å². The number of nitro benzene ring substituents is 1. The average molecular weight is 371 g/mol. The molecular formula is C20H21NO6. The van der Waals surface area contributed by atoms with Gasteiger partial charge in [0.05, 0.1) is 18.1 Å². The van der Waals surface area contributed by atoms with Crippen molar-refractivity contribution in [1.29, 1.82) is 0 Å². The van der Waals surface area contributed by atoms with E-state index in [2.05, 4.69) is 0 Å². The molecule has 0 aliphatic carbocycles. The van der Waals surface area contributed by atoms with Gasteiger partial charge in [-0.2, -0.15) is 0 Å². The maximum atomic E-state index is 11.9. The number of nitro groups is 1. The highest BCUT2D eigenvalue weighted by Gasteiger charge is 2.18. The van der Waals surface area contributed by atoms with Crippen LogP contribution in [0.1, 0.15) is 25.0 Å². The van der Waals surface area contributed by atoms with Gasteiger partial charge in [0.1, 0.15) is 6.61 Å². The molecule has 0 heterocycles. The van der Waals surface area contributed by atoms with Crippen molar-refractivity contribution < 1.29 is 23.9 Å². The molecule has 0 radical (unpaired) electrons. The Morgan fingerprint density at radius 2 is 1.78 bits per heavy atom. The third-order valence-corrected chi connectivity index (χ3v) is 3.49. The first-order valence-electron chi connectivity index (χ1n) is 8.52. The summed E-state index contributed by atoms with van der Waals surface area (Å²) < 4.78 is 15.8. The van der Waals surface area contributed by atoms with Crippen LogP contribution in [0.5, 0.6) is 5.75 Å². The van der Waals surface area contributed by atoms with Crippen LogP contribution in [0.3, 0.4) is 0 Å². The minimum atomic E-state index is -0.619. The number of esters is 1. The summed E-state index contributed by atoms with van der Waals surface area (Å²) in [5.41, 5.74) is 1.14. The Labute approximate surface area is 157 Å². The van der Waals surface area contributed by atoms with E-state index in [0.29, 0.717) is 5.56 Å². The first-order chi connectivity index (χ1) is 13.0. The lowest BCUT2D eigenvalue weighted by Gasteiger charge is -2.09. The highest BCUT2D eigenvalue weighted by molar-refractivity contribution is 5.91. The highest BCUT2D eigenvalue weighted by atomic mass is 16.6. The summed E-state index contributed by atoms with van der Waals surface area (Å²) in [5.74, 6) is -0.479. The minimum Gasteiger partial charge on any atom is -0.487 e. The topological polar surface area (TPSA) is 87.9 Å². The third kappa shape index (κ3) is 5.85. The van der Waals surface area contributed by atoms with Gasteiger partial charge in [0, 0.05) is 6.07 Å². The van der Waals surface area contributed by atoms with E-state index in [1.807, 2.05) is 30.3 Å². The Kier molecular flexibility index (Phi) is 7.37. The average Bonchev–Trinajstić information content (AvgIpc) is 2.67. The van der Waals surface area contributed by atoms with Crippen molar-refractivity contribution in [3.8, 4) is 5.75 Å². The number of rotatable bonds is 9. The Morgan fingerprint density at radius 1 is 1.07 bits per heavy atom. The zero-order valence-corrected chi connectivity index (χ0v) is 15.2. The van der Waals surface area contributed by atoms with Gasteiger partial charge >= 0.3 is 11.7 Å². The van der Waals surface area contributed by atoms with Gasteiger partial charge in [-0.1, -0.05) is 36.4 Å². The lowest BCUT2D eigenvalue weighted by atomic mass is 10.1. The van der Waals surface area contributed by atoms with E-state index < -0.39 is 10.9 Å². The molecule has 0 saturated heterocycles. The second-order valence-corrected chi connectivity index (χ2v) is 5.42. The van der Waals surface area contributed by atoms with Crippen LogP contribution in [0.15, 0.2) is 54.3 Å². The molecule has 0 saturated carbocycles. The maximum absolute atomic E-state index is 11.9. The molecule has 142 valence electrons. The summed E-state index contributed by atoms with van der Waals surface area (Å²) in [5, 5.41) is 11.4. The molecule has 0 bridgehead atoms. The third-order valence-electron chi connectivity index (χ3n) is 3.49. The molecule has 0 amide bonds. The van der Waals surface area contributed by atoms with E-state index in [9.17, 15) is 14.9 Å². The van der Waals surface area contributed by atoms with Gasteiger partial charge in [-0.15, -0.1) is 0 Å². The molecule has 7 heteroatoms. The molecule has 0 spiro atoms. The molecule has 0 aromatic heterocycles. The van der Waals surface area contributed by atoms with Crippen LogP contribution < -0.4 is 4.74 Å². The molecule has 2 aromatic carbocycles. The van der Waals surface area contributed by atoms with Crippen molar-refractivity contribution in [3.63, 3.8) is 0 Å². The summed E-state index contributed by atoms with van der Waals surface area (Å²) in [6.45, 7) is 4.10. The van der Waals surface area contributed by atoms with Crippen LogP contribution in [-0.2, 0) is 20.9 Å². The first-order valence-corrected chi connectivity index (χ1v) is 8.52. The standard InChI is InChI=1S/C20H21NO6/c1-3-25-19(20(22)26-4-2)13-16-10-11-18(17(12-16)21(23)24)27-14-15-8-6-5-7-9-15/h5-13H,3-4,14H2,1-2H3/b19-13-. The Bertz CT molecular complexity index is 816. The normalized spacial score (nSPS) is 11.0. The number of nitrogens with zero attached hydrogens (tertiary/aromatic N) is 1. The van der Waals surface area contributed by atoms with Gasteiger partial charge in [0.2, 0.25) is 5.76 Å². The summed E-state index contributed by atoms with van der Waals surface area (Å²) in [6.07, 6.45) is 1.41. The number of benzene rings is 2. The zero-order valence-electron chi connectivity index (χ0n) is 15.2. The molecule has 0 fully saturated rings.